The fourth-order valence-corrected chi connectivity index (χ4v) is 2.29. The third-order valence-corrected chi connectivity index (χ3v) is 3.64. The summed E-state index contributed by atoms with van der Waals surface area (Å²) in [7, 11) is 0. The summed E-state index contributed by atoms with van der Waals surface area (Å²) < 4.78 is 0. The van der Waals surface area contributed by atoms with Gasteiger partial charge in [0.1, 0.15) is 0 Å². The fraction of sp³-hybridized carbons (Fsp3) is 0.929. The van der Waals surface area contributed by atoms with Crippen molar-refractivity contribution in [1.29, 1.82) is 0 Å². The molecular weight excluding hydrogens is 226 g/mol. The Labute approximate surface area is 112 Å². The van der Waals surface area contributed by atoms with Gasteiger partial charge in [-0.2, -0.15) is 0 Å². The van der Waals surface area contributed by atoms with E-state index in [0.717, 1.165) is 45.8 Å². The molecule has 1 N–H and O–H groups in total. The highest BCUT2D eigenvalue weighted by molar-refractivity contribution is 5.76. The smallest absolute Gasteiger partial charge is 0.223 e. The van der Waals surface area contributed by atoms with Gasteiger partial charge in [-0.25, -0.2) is 0 Å². The van der Waals surface area contributed by atoms with E-state index in [0.29, 0.717) is 12.3 Å². The zero-order chi connectivity index (χ0) is 13.2. The molecule has 18 heavy (non-hydrogen) atoms. The standard InChI is InChI=1S/C14H29N3O/c1-3-5-6-8-15-9-7-14(18)17-12-10-16(4-2)11-13-17/h15H,3-13H2,1-2H3. The molecule has 4 nitrogen and oxygen atoms in total. The molecular formula is C14H29N3O. The van der Waals surface area contributed by atoms with Crippen LogP contribution in [0.4, 0.5) is 0 Å². The van der Waals surface area contributed by atoms with E-state index in [4.69, 9.17) is 0 Å². The second-order valence-electron chi connectivity index (χ2n) is 5.02. The largest absolute Gasteiger partial charge is 0.340 e. The summed E-state index contributed by atoms with van der Waals surface area (Å²) in [6.45, 7) is 11.2. The Kier molecular flexibility index (Phi) is 8.01. The highest BCUT2D eigenvalue weighted by Crippen LogP contribution is 2.03. The van der Waals surface area contributed by atoms with Gasteiger partial charge in [-0.15, -0.1) is 0 Å². The maximum Gasteiger partial charge on any atom is 0.223 e. The minimum Gasteiger partial charge on any atom is -0.340 e. The van der Waals surface area contributed by atoms with Gasteiger partial charge in [0.15, 0.2) is 0 Å². The predicted octanol–water partition coefficient (Wildman–Crippen LogP) is 1.32. The molecule has 0 unspecified atom stereocenters. The minimum absolute atomic E-state index is 0.314. The van der Waals surface area contributed by atoms with Gasteiger partial charge in [0, 0.05) is 39.1 Å². The van der Waals surface area contributed by atoms with Crippen molar-refractivity contribution >= 4 is 5.91 Å². The van der Waals surface area contributed by atoms with Gasteiger partial charge in [-0.05, 0) is 19.5 Å². The van der Waals surface area contributed by atoms with Gasteiger partial charge in [0.05, 0.1) is 0 Å². The van der Waals surface area contributed by atoms with Crippen LogP contribution in [0.15, 0.2) is 0 Å². The summed E-state index contributed by atoms with van der Waals surface area (Å²) >= 11 is 0. The van der Waals surface area contributed by atoms with E-state index >= 15 is 0 Å². The first-order chi connectivity index (χ1) is 8.77. The second-order valence-corrected chi connectivity index (χ2v) is 5.02. The molecule has 0 bridgehead atoms. The number of piperazine rings is 1. The maximum atomic E-state index is 11.9. The molecule has 0 aliphatic carbocycles. The highest BCUT2D eigenvalue weighted by Gasteiger charge is 2.19. The first-order valence-corrected chi connectivity index (χ1v) is 7.48. The number of carbonyl (C=O) groups is 1. The van der Waals surface area contributed by atoms with E-state index in [9.17, 15) is 4.79 Å². The van der Waals surface area contributed by atoms with Gasteiger partial charge < -0.3 is 15.1 Å². The zero-order valence-corrected chi connectivity index (χ0v) is 12.1. The molecule has 0 radical (unpaired) electrons. The molecule has 0 aromatic carbocycles. The van der Waals surface area contributed by atoms with Crippen molar-refractivity contribution in [2.75, 3.05) is 45.8 Å². The zero-order valence-electron chi connectivity index (χ0n) is 12.1. The number of likely N-dealkylation sites (N-methyl/N-ethyl adjacent to an activating group) is 1. The Hall–Kier alpha value is -0.610. The summed E-state index contributed by atoms with van der Waals surface area (Å²) in [4.78, 5) is 16.4. The molecule has 4 heteroatoms. The van der Waals surface area contributed by atoms with Crippen molar-refractivity contribution in [2.24, 2.45) is 0 Å². The van der Waals surface area contributed by atoms with Crippen LogP contribution in [0, 0.1) is 0 Å². The quantitative estimate of drug-likeness (QED) is 0.665. The lowest BCUT2D eigenvalue weighted by atomic mass is 10.2. The molecule has 1 aliphatic heterocycles. The van der Waals surface area contributed by atoms with Crippen molar-refractivity contribution in [3.8, 4) is 0 Å². The van der Waals surface area contributed by atoms with Crippen molar-refractivity contribution in [3.05, 3.63) is 0 Å². The molecule has 1 fully saturated rings. The normalized spacial score (nSPS) is 17.1. The van der Waals surface area contributed by atoms with Gasteiger partial charge in [0.2, 0.25) is 5.91 Å². The second kappa shape index (κ2) is 9.34. The van der Waals surface area contributed by atoms with Gasteiger partial charge >= 0.3 is 0 Å². The van der Waals surface area contributed by atoms with Crippen LogP contribution in [0.1, 0.15) is 39.5 Å². The topological polar surface area (TPSA) is 35.6 Å². The minimum atomic E-state index is 0.314. The summed E-state index contributed by atoms with van der Waals surface area (Å²) in [6.07, 6.45) is 4.40. The monoisotopic (exact) mass is 255 g/mol. The molecule has 0 saturated carbocycles. The van der Waals surface area contributed by atoms with Crippen LogP contribution in [-0.4, -0.2) is 61.5 Å². The Balaban J connectivity index is 2.03. The SMILES string of the molecule is CCCCCNCCC(=O)N1CCN(CC)CC1. The van der Waals surface area contributed by atoms with Crippen LogP contribution in [0.3, 0.4) is 0 Å². The van der Waals surface area contributed by atoms with E-state index in [1.54, 1.807) is 0 Å². The predicted molar refractivity (Wildman–Crippen MR) is 75.7 cm³/mol. The van der Waals surface area contributed by atoms with Gasteiger partial charge in [-0.1, -0.05) is 26.7 Å². The van der Waals surface area contributed by atoms with Crippen LogP contribution >= 0.6 is 0 Å². The van der Waals surface area contributed by atoms with Gasteiger partial charge in [-0.3, -0.25) is 4.79 Å². The van der Waals surface area contributed by atoms with E-state index in [1.165, 1.54) is 19.3 Å². The number of nitrogens with zero attached hydrogens (tertiary/aromatic N) is 2. The number of amides is 1. The maximum absolute atomic E-state index is 11.9. The Morgan fingerprint density at radius 2 is 1.78 bits per heavy atom. The molecule has 106 valence electrons. The van der Waals surface area contributed by atoms with Crippen molar-refractivity contribution in [3.63, 3.8) is 0 Å². The Morgan fingerprint density at radius 1 is 1.06 bits per heavy atom. The number of unbranched alkanes of at least 4 members (excludes halogenated alkanes) is 2. The summed E-state index contributed by atoms with van der Waals surface area (Å²) in [5.74, 6) is 0.314. The van der Waals surface area contributed by atoms with Crippen LogP contribution < -0.4 is 5.32 Å². The molecule has 1 amide bonds. The van der Waals surface area contributed by atoms with E-state index in [2.05, 4.69) is 24.1 Å². The van der Waals surface area contributed by atoms with Crippen LogP contribution in [0.5, 0.6) is 0 Å². The lowest BCUT2D eigenvalue weighted by molar-refractivity contribution is -0.132. The molecule has 1 heterocycles. The first kappa shape index (κ1) is 15.4. The highest BCUT2D eigenvalue weighted by atomic mass is 16.2. The number of hydrogen-bond acceptors (Lipinski definition) is 3. The van der Waals surface area contributed by atoms with E-state index < -0.39 is 0 Å². The molecule has 0 atom stereocenters. The number of carbonyl (C=O) groups excluding carboxylic acids is 1. The van der Waals surface area contributed by atoms with Gasteiger partial charge in [0.25, 0.3) is 0 Å². The number of nitrogens with one attached hydrogen (secondary N) is 1. The summed E-state index contributed by atoms with van der Waals surface area (Å²) in [5, 5.41) is 3.35. The lowest BCUT2D eigenvalue weighted by Crippen LogP contribution is -2.48. The third-order valence-electron chi connectivity index (χ3n) is 3.64. The lowest BCUT2D eigenvalue weighted by Gasteiger charge is -2.34. The average Bonchev–Trinajstić information content (AvgIpc) is 2.42. The Bertz CT molecular complexity index is 225. The van der Waals surface area contributed by atoms with Crippen LogP contribution in [0.25, 0.3) is 0 Å². The van der Waals surface area contributed by atoms with Crippen molar-refractivity contribution in [2.45, 2.75) is 39.5 Å². The summed E-state index contributed by atoms with van der Waals surface area (Å²) in [5.41, 5.74) is 0. The molecule has 1 saturated heterocycles. The van der Waals surface area contributed by atoms with Crippen LogP contribution in [-0.2, 0) is 4.79 Å². The molecule has 0 spiro atoms. The summed E-state index contributed by atoms with van der Waals surface area (Å²) in [6, 6.07) is 0. The van der Waals surface area contributed by atoms with E-state index in [1.807, 2.05) is 4.90 Å². The third kappa shape index (κ3) is 5.83. The average molecular weight is 255 g/mol. The molecule has 0 aromatic rings. The molecule has 0 aromatic heterocycles. The van der Waals surface area contributed by atoms with E-state index in [-0.39, 0.29) is 0 Å². The number of rotatable bonds is 8. The molecule has 1 aliphatic rings. The van der Waals surface area contributed by atoms with Crippen molar-refractivity contribution in [1.82, 2.24) is 15.1 Å². The first-order valence-electron chi connectivity index (χ1n) is 7.48. The van der Waals surface area contributed by atoms with Crippen molar-refractivity contribution < 1.29 is 4.79 Å². The molecule has 1 rings (SSSR count). The Morgan fingerprint density at radius 3 is 2.39 bits per heavy atom. The number of hydrogen-bond donors (Lipinski definition) is 1. The fourth-order valence-electron chi connectivity index (χ4n) is 2.29. The van der Waals surface area contributed by atoms with Crippen LogP contribution in [0.2, 0.25) is 0 Å².